The van der Waals surface area contributed by atoms with E-state index < -0.39 is 4.92 Å². The number of hydrogen-bond donors (Lipinski definition) is 2. The van der Waals surface area contributed by atoms with Crippen molar-refractivity contribution in [2.24, 2.45) is 7.05 Å². The number of benzene rings is 1. The van der Waals surface area contributed by atoms with Crippen LogP contribution < -0.4 is 5.32 Å². The van der Waals surface area contributed by atoms with E-state index in [-0.39, 0.29) is 11.4 Å². The van der Waals surface area contributed by atoms with Crippen molar-refractivity contribution < 1.29 is 10.0 Å². The summed E-state index contributed by atoms with van der Waals surface area (Å²) in [6.07, 6.45) is 3.33. The van der Waals surface area contributed by atoms with Crippen LogP contribution in [0.5, 0.6) is 5.75 Å². The van der Waals surface area contributed by atoms with Crippen LogP contribution in [0.3, 0.4) is 0 Å². The predicted octanol–water partition coefficient (Wildman–Crippen LogP) is 1.65. The lowest BCUT2D eigenvalue weighted by molar-refractivity contribution is -0.384. The van der Waals surface area contributed by atoms with Crippen LogP contribution >= 0.6 is 0 Å². The van der Waals surface area contributed by atoms with E-state index in [0.717, 1.165) is 11.8 Å². The Morgan fingerprint density at radius 2 is 2.33 bits per heavy atom. The molecule has 2 aromatic rings. The number of hydrogen-bond acceptors (Lipinski definition) is 5. The topological polar surface area (TPSA) is 93.2 Å². The highest BCUT2D eigenvalue weighted by Crippen LogP contribution is 2.28. The number of nitro groups is 1. The van der Waals surface area contributed by atoms with Gasteiger partial charge in [0.1, 0.15) is 11.4 Å². The number of imidazole rings is 1. The molecule has 7 heteroatoms. The van der Waals surface area contributed by atoms with Gasteiger partial charge in [-0.05, 0) is 12.1 Å². The number of nitro benzene ring substituents is 1. The Kier molecular flexibility index (Phi) is 3.13. The highest BCUT2D eigenvalue weighted by atomic mass is 16.6. The summed E-state index contributed by atoms with van der Waals surface area (Å²) in [5.41, 5.74) is 1.11. The molecule has 0 aliphatic rings. The van der Waals surface area contributed by atoms with Gasteiger partial charge in [-0.2, -0.15) is 0 Å². The van der Waals surface area contributed by atoms with Crippen molar-refractivity contribution in [1.29, 1.82) is 0 Å². The highest BCUT2D eigenvalue weighted by Gasteiger charge is 2.14. The van der Waals surface area contributed by atoms with Gasteiger partial charge in [-0.1, -0.05) is 0 Å². The van der Waals surface area contributed by atoms with Gasteiger partial charge in [0.25, 0.3) is 5.69 Å². The molecule has 0 aliphatic carbocycles. The summed E-state index contributed by atoms with van der Waals surface area (Å²) in [5, 5.41) is 23.0. The Balaban J connectivity index is 2.19. The molecule has 0 aliphatic heterocycles. The molecular weight excluding hydrogens is 236 g/mol. The Labute approximate surface area is 103 Å². The number of nitrogens with one attached hydrogen (secondary N) is 1. The number of rotatable bonds is 4. The Hall–Kier alpha value is -2.57. The Morgan fingerprint density at radius 3 is 2.94 bits per heavy atom. The highest BCUT2D eigenvalue weighted by molar-refractivity contribution is 5.63. The molecule has 94 valence electrons. The van der Waals surface area contributed by atoms with Gasteiger partial charge in [0, 0.05) is 13.2 Å². The van der Waals surface area contributed by atoms with Crippen LogP contribution in [0.1, 0.15) is 5.69 Å². The maximum absolute atomic E-state index is 10.8. The number of anilines is 1. The molecule has 0 atom stereocenters. The van der Waals surface area contributed by atoms with Crippen LogP contribution in [-0.2, 0) is 13.6 Å². The third-order valence-corrected chi connectivity index (χ3v) is 2.55. The quantitative estimate of drug-likeness (QED) is 0.487. The van der Waals surface area contributed by atoms with Crippen molar-refractivity contribution in [3.63, 3.8) is 0 Å². The van der Waals surface area contributed by atoms with E-state index in [1.807, 2.05) is 11.6 Å². The summed E-state index contributed by atoms with van der Waals surface area (Å²) in [5.74, 6) is -0.132. The monoisotopic (exact) mass is 248 g/mol. The Bertz CT molecular complexity index is 579. The third-order valence-electron chi connectivity index (χ3n) is 2.55. The summed E-state index contributed by atoms with van der Waals surface area (Å²) >= 11 is 0. The molecule has 0 amide bonds. The predicted molar refractivity (Wildman–Crippen MR) is 65.3 cm³/mol. The van der Waals surface area contributed by atoms with Crippen molar-refractivity contribution in [1.82, 2.24) is 9.55 Å². The van der Waals surface area contributed by atoms with Gasteiger partial charge in [0.2, 0.25) is 0 Å². The fourth-order valence-electron chi connectivity index (χ4n) is 1.56. The van der Waals surface area contributed by atoms with Crippen LogP contribution in [-0.4, -0.2) is 19.6 Å². The van der Waals surface area contributed by atoms with Crippen LogP contribution in [0.2, 0.25) is 0 Å². The molecule has 1 aromatic heterocycles. The van der Waals surface area contributed by atoms with E-state index in [1.165, 1.54) is 12.1 Å². The summed E-state index contributed by atoms with van der Waals surface area (Å²) in [6.45, 7) is 0.419. The lowest BCUT2D eigenvalue weighted by Crippen LogP contribution is -2.05. The third kappa shape index (κ3) is 2.40. The summed E-state index contributed by atoms with van der Waals surface area (Å²) in [7, 11) is 1.84. The smallest absolute Gasteiger partial charge is 0.296 e. The van der Waals surface area contributed by atoms with Crippen LogP contribution in [0, 0.1) is 10.1 Å². The van der Waals surface area contributed by atoms with E-state index in [2.05, 4.69) is 10.3 Å². The standard InChI is InChI=1S/C11H12N4O3/c1-14-7-12-5-8(14)6-13-10-3-2-9(16)4-11(10)15(17)18/h2-5,7,13,16H,6H2,1H3. The van der Waals surface area contributed by atoms with Crippen LogP contribution in [0.15, 0.2) is 30.7 Å². The molecule has 0 unspecified atom stereocenters. The molecule has 0 spiro atoms. The van der Waals surface area contributed by atoms with E-state index in [0.29, 0.717) is 12.2 Å². The fraction of sp³-hybridized carbons (Fsp3) is 0.182. The normalized spacial score (nSPS) is 10.3. The Morgan fingerprint density at radius 1 is 1.56 bits per heavy atom. The molecule has 1 heterocycles. The van der Waals surface area contributed by atoms with Gasteiger partial charge in [-0.25, -0.2) is 4.98 Å². The summed E-state index contributed by atoms with van der Waals surface area (Å²) in [4.78, 5) is 14.3. The minimum Gasteiger partial charge on any atom is -0.508 e. The van der Waals surface area contributed by atoms with Crippen molar-refractivity contribution in [3.05, 3.63) is 46.5 Å². The maximum atomic E-state index is 10.8. The lowest BCUT2D eigenvalue weighted by atomic mass is 10.2. The zero-order valence-electron chi connectivity index (χ0n) is 9.70. The molecule has 0 saturated carbocycles. The van der Waals surface area contributed by atoms with Crippen molar-refractivity contribution in [2.75, 3.05) is 5.32 Å². The SMILES string of the molecule is Cn1cncc1CNc1ccc(O)cc1[N+](=O)[O-]. The van der Waals surface area contributed by atoms with E-state index in [9.17, 15) is 15.2 Å². The average molecular weight is 248 g/mol. The molecule has 0 fully saturated rings. The van der Waals surface area contributed by atoms with Crippen LogP contribution in [0.4, 0.5) is 11.4 Å². The minimum absolute atomic E-state index is 0.132. The van der Waals surface area contributed by atoms with Gasteiger partial charge in [-0.3, -0.25) is 10.1 Å². The first-order chi connectivity index (χ1) is 8.58. The number of aromatic nitrogens is 2. The second-order valence-electron chi connectivity index (χ2n) is 3.81. The maximum Gasteiger partial charge on any atom is 0.296 e. The number of aromatic hydroxyl groups is 1. The number of nitrogens with zero attached hydrogens (tertiary/aromatic N) is 3. The summed E-state index contributed by atoms with van der Waals surface area (Å²) in [6, 6.07) is 3.99. The zero-order valence-corrected chi connectivity index (χ0v) is 9.70. The van der Waals surface area contributed by atoms with Crippen molar-refractivity contribution >= 4 is 11.4 Å². The molecule has 2 rings (SSSR count). The zero-order chi connectivity index (χ0) is 13.1. The van der Waals surface area contributed by atoms with Gasteiger partial charge in [-0.15, -0.1) is 0 Å². The first-order valence-corrected chi connectivity index (χ1v) is 5.24. The van der Waals surface area contributed by atoms with Gasteiger partial charge >= 0.3 is 0 Å². The van der Waals surface area contributed by atoms with Crippen molar-refractivity contribution in [3.8, 4) is 5.75 Å². The van der Waals surface area contributed by atoms with E-state index in [4.69, 9.17) is 0 Å². The van der Waals surface area contributed by atoms with Gasteiger partial charge in [0.15, 0.2) is 0 Å². The molecule has 2 N–H and O–H groups in total. The first-order valence-electron chi connectivity index (χ1n) is 5.24. The largest absolute Gasteiger partial charge is 0.508 e. The van der Waals surface area contributed by atoms with Crippen molar-refractivity contribution in [2.45, 2.75) is 6.54 Å². The molecule has 0 saturated heterocycles. The van der Waals surface area contributed by atoms with Gasteiger partial charge < -0.3 is 15.0 Å². The fourth-order valence-corrected chi connectivity index (χ4v) is 1.56. The molecule has 7 nitrogen and oxygen atoms in total. The van der Waals surface area contributed by atoms with E-state index >= 15 is 0 Å². The molecule has 1 aromatic carbocycles. The van der Waals surface area contributed by atoms with E-state index in [1.54, 1.807) is 12.5 Å². The number of phenolic OH excluding ortho intramolecular Hbond substituents is 1. The molecule has 18 heavy (non-hydrogen) atoms. The van der Waals surface area contributed by atoms with Crippen LogP contribution in [0.25, 0.3) is 0 Å². The molecule has 0 radical (unpaired) electrons. The first kappa shape index (κ1) is 11.9. The summed E-state index contributed by atoms with van der Waals surface area (Å²) < 4.78 is 1.82. The lowest BCUT2D eigenvalue weighted by Gasteiger charge is -2.07. The average Bonchev–Trinajstić information content (AvgIpc) is 2.73. The second-order valence-corrected chi connectivity index (χ2v) is 3.81. The minimum atomic E-state index is -0.536. The number of aryl methyl sites for hydroxylation is 1. The number of phenols is 1. The van der Waals surface area contributed by atoms with Gasteiger partial charge in [0.05, 0.1) is 29.6 Å². The molecular formula is C11H12N4O3. The molecule has 0 bridgehead atoms. The second kappa shape index (κ2) is 4.74.